The van der Waals surface area contributed by atoms with E-state index in [1.165, 1.54) is 24.3 Å². The molecule has 174 valence electrons. The summed E-state index contributed by atoms with van der Waals surface area (Å²) in [4.78, 5) is 14.7. The predicted octanol–water partition coefficient (Wildman–Crippen LogP) is 5.00. The van der Waals surface area contributed by atoms with Gasteiger partial charge in [0.1, 0.15) is 18.2 Å². The van der Waals surface area contributed by atoms with Gasteiger partial charge in [-0.3, -0.25) is 0 Å². The Morgan fingerprint density at radius 1 is 1.19 bits per heavy atom. The standard InChI is InChI=1S/C25H33FN2O4/c1-18(2)15-28(16-23(29)19-10-12-20(26)13-11-19)25(30)27-22-8-3-4-9-24(22)32-17-21-7-5-6-14-31-21/h3-4,8-13,18,21,23,29H,5-7,14-17H2,1-2H3,(H,27,30)/t21-,23+/m0/s1. The highest BCUT2D eigenvalue weighted by Gasteiger charge is 2.21. The van der Waals surface area contributed by atoms with Crippen LogP contribution in [0.15, 0.2) is 48.5 Å². The summed E-state index contributed by atoms with van der Waals surface area (Å²) in [5.41, 5.74) is 1.13. The molecule has 1 saturated heterocycles. The van der Waals surface area contributed by atoms with E-state index in [4.69, 9.17) is 9.47 Å². The number of hydrogen-bond acceptors (Lipinski definition) is 4. The third kappa shape index (κ3) is 7.21. The van der Waals surface area contributed by atoms with Crippen LogP contribution in [0.4, 0.5) is 14.9 Å². The van der Waals surface area contributed by atoms with E-state index in [-0.39, 0.29) is 30.4 Å². The predicted molar refractivity (Wildman–Crippen MR) is 122 cm³/mol. The van der Waals surface area contributed by atoms with Crippen molar-refractivity contribution in [2.24, 2.45) is 5.92 Å². The molecule has 2 atom stereocenters. The fraction of sp³-hybridized carbons (Fsp3) is 0.480. The number of para-hydroxylation sites is 2. The summed E-state index contributed by atoms with van der Waals surface area (Å²) in [7, 11) is 0. The summed E-state index contributed by atoms with van der Waals surface area (Å²) >= 11 is 0. The Labute approximate surface area is 189 Å². The molecular formula is C25H33FN2O4. The lowest BCUT2D eigenvalue weighted by atomic mass is 10.1. The Morgan fingerprint density at radius 2 is 1.94 bits per heavy atom. The molecule has 1 aliphatic heterocycles. The van der Waals surface area contributed by atoms with Crippen LogP contribution in [-0.4, -0.2) is 48.4 Å². The number of aliphatic hydroxyl groups is 1. The molecule has 7 heteroatoms. The lowest BCUT2D eigenvalue weighted by Gasteiger charge is -2.28. The fourth-order valence-corrected chi connectivity index (χ4v) is 3.69. The van der Waals surface area contributed by atoms with Gasteiger partial charge >= 0.3 is 6.03 Å². The smallest absolute Gasteiger partial charge is 0.322 e. The number of aliphatic hydroxyl groups excluding tert-OH is 1. The first-order valence-corrected chi connectivity index (χ1v) is 11.2. The number of carbonyl (C=O) groups is 1. The largest absolute Gasteiger partial charge is 0.489 e. The van der Waals surface area contributed by atoms with Gasteiger partial charge in [0.15, 0.2) is 0 Å². The van der Waals surface area contributed by atoms with Crippen LogP contribution in [0.1, 0.15) is 44.8 Å². The summed E-state index contributed by atoms with van der Waals surface area (Å²) in [5.74, 6) is 0.419. The highest BCUT2D eigenvalue weighted by Crippen LogP contribution is 2.26. The van der Waals surface area contributed by atoms with Gasteiger partial charge in [-0.1, -0.05) is 38.1 Å². The zero-order chi connectivity index (χ0) is 22.9. The number of carbonyl (C=O) groups excluding carboxylic acids is 1. The number of urea groups is 1. The molecule has 0 aliphatic carbocycles. The molecule has 1 aliphatic rings. The number of amides is 2. The molecule has 0 aromatic heterocycles. The summed E-state index contributed by atoms with van der Waals surface area (Å²) in [6.07, 6.45) is 2.33. The van der Waals surface area contributed by atoms with Crippen molar-refractivity contribution < 1.29 is 23.8 Å². The zero-order valence-electron chi connectivity index (χ0n) is 18.8. The minimum absolute atomic E-state index is 0.0656. The molecular weight excluding hydrogens is 411 g/mol. The first-order chi connectivity index (χ1) is 15.4. The lowest BCUT2D eigenvalue weighted by Crippen LogP contribution is -2.40. The highest BCUT2D eigenvalue weighted by molar-refractivity contribution is 5.91. The molecule has 0 spiro atoms. The molecule has 2 aromatic carbocycles. The minimum Gasteiger partial charge on any atom is -0.489 e. The molecule has 1 heterocycles. The molecule has 2 amide bonds. The maximum atomic E-state index is 13.2. The Balaban J connectivity index is 1.65. The fourth-order valence-electron chi connectivity index (χ4n) is 3.69. The zero-order valence-corrected chi connectivity index (χ0v) is 18.8. The second kappa shape index (κ2) is 11.8. The third-order valence-corrected chi connectivity index (χ3v) is 5.35. The molecule has 32 heavy (non-hydrogen) atoms. The number of benzene rings is 2. The number of hydrogen-bond donors (Lipinski definition) is 2. The minimum atomic E-state index is -0.921. The van der Waals surface area contributed by atoms with Crippen molar-refractivity contribution in [3.8, 4) is 5.75 Å². The Kier molecular flexibility index (Phi) is 8.88. The van der Waals surface area contributed by atoms with Gasteiger partial charge in [-0.25, -0.2) is 9.18 Å². The average molecular weight is 445 g/mol. The summed E-state index contributed by atoms with van der Waals surface area (Å²) in [5, 5.41) is 13.5. The van der Waals surface area contributed by atoms with E-state index in [0.717, 1.165) is 25.9 Å². The Morgan fingerprint density at radius 3 is 2.62 bits per heavy atom. The van der Waals surface area contributed by atoms with Crippen molar-refractivity contribution in [3.05, 3.63) is 59.9 Å². The number of halogens is 1. The van der Waals surface area contributed by atoms with E-state index in [1.54, 1.807) is 11.0 Å². The van der Waals surface area contributed by atoms with Crippen LogP contribution >= 0.6 is 0 Å². The topological polar surface area (TPSA) is 71.0 Å². The van der Waals surface area contributed by atoms with Crippen LogP contribution in [0, 0.1) is 11.7 Å². The van der Waals surface area contributed by atoms with Crippen LogP contribution < -0.4 is 10.1 Å². The quantitative estimate of drug-likeness (QED) is 0.571. The van der Waals surface area contributed by atoms with Gasteiger partial charge in [-0.15, -0.1) is 0 Å². The molecule has 0 radical (unpaired) electrons. The molecule has 0 saturated carbocycles. The molecule has 3 rings (SSSR count). The average Bonchev–Trinajstić information content (AvgIpc) is 2.79. The number of nitrogens with zero attached hydrogens (tertiary/aromatic N) is 1. The van der Waals surface area contributed by atoms with Crippen LogP contribution in [-0.2, 0) is 4.74 Å². The first-order valence-electron chi connectivity index (χ1n) is 11.2. The van der Waals surface area contributed by atoms with Crippen molar-refractivity contribution in [1.82, 2.24) is 4.90 Å². The van der Waals surface area contributed by atoms with E-state index >= 15 is 0 Å². The Hall–Kier alpha value is -2.64. The van der Waals surface area contributed by atoms with Gasteiger partial charge in [0, 0.05) is 13.2 Å². The van der Waals surface area contributed by atoms with E-state index in [9.17, 15) is 14.3 Å². The van der Waals surface area contributed by atoms with Crippen LogP contribution in [0.25, 0.3) is 0 Å². The van der Waals surface area contributed by atoms with Gasteiger partial charge in [-0.05, 0) is 55.0 Å². The molecule has 0 bridgehead atoms. The van der Waals surface area contributed by atoms with Crippen molar-refractivity contribution in [3.63, 3.8) is 0 Å². The summed E-state index contributed by atoms with van der Waals surface area (Å²) in [6, 6.07) is 12.6. The van der Waals surface area contributed by atoms with Crippen molar-refractivity contribution in [1.29, 1.82) is 0 Å². The SMILES string of the molecule is CC(C)CN(C[C@@H](O)c1ccc(F)cc1)C(=O)Nc1ccccc1OC[C@@H]1CCCCO1. The molecule has 2 N–H and O–H groups in total. The number of rotatable bonds is 9. The monoisotopic (exact) mass is 444 g/mol. The summed E-state index contributed by atoms with van der Waals surface area (Å²) < 4.78 is 24.9. The number of anilines is 1. The second-order valence-electron chi connectivity index (χ2n) is 8.59. The maximum Gasteiger partial charge on any atom is 0.322 e. The highest BCUT2D eigenvalue weighted by atomic mass is 19.1. The van der Waals surface area contributed by atoms with Gasteiger partial charge in [-0.2, -0.15) is 0 Å². The van der Waals surface area contributed by atoms with Gasteiger partial charge in [0.2, 0.25) is 0 Å². The Bertz CT molecular complexity index is 853. The van der Waals surface area contributed by atoms with E-state index in [2.05, 4.69) is 5.32 Å². The van der Waals surface area contributed by atoms with Crippen LogP contribution in [0.2, 0.25) is 0 Å². The van der Waals surface area contributed by atoms with Crippen molar-refractivity contribution in [2.75, 3.05) is 31.6 Å². The van der Waals surface area contributed by atoms with Crippen LogP contribution in [0.3, 0.4) is 0 Å². The van der Waals surface area contributed by atoms with Gasteiger partial charge in [0.05, 0.1) is 24.4 Å². The molecule has 0 unspecified atom stereocenters. The summed E-state index contributed by atoms with van der Waals surface area (Å²) in [6.45, 7) is 5.76. The second-order valence-corrected chi connectivity index (χ2v) is 8.59. The first kappa shape index (κ1) is 24.0. The van der Waals surface area contributed by atoms with Crippen molar-refractivity contribution in [2.45, 2.75) is 45.3 Å². The van der Waals surface area contributed by atoms with E-state index in [0.29, 0.717) is 30.2 Å². The van der Waals surface area contributed by atoms with E-state index < -0.39 is 6.10 Å². The third-order valence-electron chi connectivity index (χ3n) is 5.35. The molecule has 6 nitrogen and oxygen atoms in total. The number of ether oxygens (including phenoxy) is 2. The lowest BCUT2D eigenvalue weighted by molar-refractivity contribution is -0.0109. The maximum absolute atomic E-state index is 13.2. The van der Waals surface area contributed by atoms with Crippen molar-refractivity contribution >= 4 is 11.7 Å². The molecule has 2 aromatic rings. The van der Waals surface area contributed by atoms with E-state index in [1.807, 2.05) is 32.0 Å². The van der Waals surface area contributed by atoms with Crippen LogP contribution in [0.5, 0.6) is 5.75 Å². The molecule has 1 fully saturated rings. The normalized spacial score (nSPS) is 17.1. The number of nitrogens with one attached hydrogen (secondary N) is 1. The van der Waals surface area contributed by atoms with Gasteiger partial charge < -0.3 is 24.8 Å². The van der Waals surface area contributed by atoms with Gasteiger partial charge in [0.25, 0.3) is 0 Å².